The third-order valence-corrected chi connectivity index (χ3v) is 5.21. The first kappa shape index (κ1) is 13.1. The molecule has 1 aromatic rings. The monoisotopic (exact) mass is 278 g/mol. The van der Waals surface area contributed by atoms with Gasteiger partial charge in [0.2, 0.25) is 5.91 Å². The van der Waals surface area contributed by atoms with E-state index in [2.05, 4.69) is 16.3 Å². The summed E-state index contributed by atoms with van der Waals surface area (Å²) in [5.74, 6) is 0.338. The summed E-state index contributed by atoms with van der Waals surface area (Å²) < 4.78 is 0. The lowest BCUT2D eigenvalue weighted by Crippen LogP contribution is -2.38. The zero-order chi connectivity index (χ0) is 13.1. The molecule has 1 amide bonds. The van der Waals surface area contributed by atoms with E-state index in [0.29, 0.717) is 12.3 Å². The molecule has 0 aromatic carbocycles. The summed E-state index contributed by atoms with van der Waals surface area (Å²) >= 11 is 1.79. The van der Waals surface area contributed by atoms with Crippen LogP contribution in [0.3, 0.4) is 0 Å². The molecular formula is C15H22N2OS. The average Bonchev–Trinajstić information content (AvgIpc) is 2.93. The number of fused-ring (bicyclic) bond motifs is 1. The van der Waals surface area contributed by atoms with Gasteiger partial charge < -0.3 is 9.80 Å². The minimum absolute atomic E-state index is 0.338. The summed E-state index contributed by atoms with van der Waals surface area (Å²) in [7, 11) is 0. The van der Waals surface area contributed by atoms with E-state index >= 15 is 0 Å². The number of carbonyl (C=O) groups is 1. The maximum absolute atomic E-state index is 12.3. The lowest BCUT2D eigenvalue weighted by molar-refractivity contribution is -0.132. The molecular weight excluding hydrogens is 256 g/mol. The van der Waals surface area contributed by atoms with Crippen molar-refractivity contribution >= 4 is 17.2 Å². The number of hydrogen-bond donors (Lipinski definition) is 0. The highest BCUT2D eigenvalue weighted by atomic mass is 32.1. The van der Waals surface area contributed by atoms with E-state index in [4.69, 9.17) is 0 Å². The first-order valence-electron chi connectivity index (χ1n) is 7.38. The van der Waals surface area contributed by atoms with Gasteiger partial charge >= 0.3 is 0 Å². The predicted octanol–water partition coefficient (Wildman–Crippen LogP) is 2.51. The van der Waals surface area contributed by atoms with Crippen molar-refractivity contribution in [1.82, 2.24) is 9.80 Å². The Bertz CT molecular complexity index is 437. The van der Waals surface area contributed by atoms with Crippen LogP contribution in [0.4, 0.5) is 0 Å². The van der Waals surface area contributed by atoms with E-state index in [1.165, 1.54) is 42.8 Å². The lowest BCUT2D eigenvalue weighted by atomic mass is 10.1. The molecule has 0 radical (unpaired) electrons. The van der Waals surface area contributed by atoms with Crippen molar-refractivity contribution in [2.45, 2.75) is 38.6 Å². The van der Waals surface area contributed by atoms with Crippen molar-refractivity contribution in [1.29, 1.82) is 0 Å². The normalized spacial score (nSPS) is 20.3. The van der Waals surface area contributed by atoms with Crippen LogP contribution in [-0.4, -0.2) is 41.9 Å². The molecule has 0 atom stereocenters. The Labute approximate surface area is 119 Å². The highest BCUT2D eigenvalue weighted by Crippen LogP contribution is 2.24. The molecule has 1 saturated heterocycles. The highest BCUT2D eigenvalue weighted by Gasteiger charge is 2.22. The molecule has 0 bridgehead atoms. The fourth-order valence-electron chi connectivity index (χ4n) is 3.04. The molecule has 2 aliphatic rings. The van der Waals surface area contributed by atoms with Crippen LogP contribution in [0, 0.1) is 0 Å². The fraction of sp³-hybridized carbons (Fsp3) is 0.667. The van der Waals surface area contributed by atoms with Crippen LogP contribution in [-0.2, 0) is 17.8 Å². The molecule has 1 fully saturated rings. The molecule has 2 aliphatic heterocycles. The van der Waals surface area contributed by atoms with Crippen LogP contribution in [0.5, 0.6) is 0 Å². The van der Waals surface area contributed by atoms with E-state index in [0.717, 1.165) is 26.1 Å². The van der Waals surface area contributed by atoms with Gasteiger partial charge in [0, 0.05) is 24.4 Å². The van der Waals surface area contributed by atoms with E-state index in [9.17, 15) is 4.79 Å². The third kappa shape index (κ3) is 3.18. The second-order valence-electron chi connectivity index (χ2n) is 5.59. The van der Waals surface area contributed by atoms with Crippen LogP contribution in [0.2, 0.25) is 0 Å². The Morgan fingerprint density at radius 1 is 1.21 bits per heavy atom. The standard InChI is InChI=1S/C15H22N2OS/c18-15(5-9-16-7-2-1-3-8-16)17-10-4-13-6-11-19-14(13)12-17/h6,11H,1-5,7-10,12H2. The van der Waals surface area contributed by atoms with Crippen molar-refractivity contribution in [3.05, 3.63) is 21.9 Å². The number of nitrogens with zero attached hydrogens (tertiary/aromatic N) is 2. The minimum atomic E-state index is 0.338. The number of piperidine rings is 1. The number of likely N-dealkylation sites (tertiary alicyclic amines) is 1. The molecule has 19 heavy (non-hydrogen) atoms. The number of rotatable bonds is 3. The van der Waals surface area contributed by atoms with Crippen LogP contribution in [0.1, 0.15) is 36.1 Å². The Balaban J connectivity index is 1.48. The Kier molecular flexibility index (Phi) is 4.18. The van der Waals surface area contributed by atoms with Gasteiger partial charge in [-0.15, -0.1) is 11.3 Å². The average molecular weight is 278 g/mol. The molecule has 104 valence electrons. The minimum Gasteiger partial charge on any atom is -0.337 e. The molecule has 0 N–H and O–H groups in total. The largest absolute Gasteiger partial charge is 0.337 e. The summed E-state index contributed by atoms with van der Waals surface area (Å²) in [6.45, 7) is 5.06. The smallest absolute Gasteiger partial charge is 0.224 e. The number of carbonyl (C=O) groups excluding carboxylic acids is 1. The van der Waals surface area contributed by atoms with Gasteiger partial charge in [-0.2, -0.15) is 0 Å². The number of thiophene rings is 1. The second kappa shape index (κ2) is 6.06. The summed E-state index contributed by atoms with van der Waals surface area (Å²) in [5, 5.41) is 2.15. The molecule has 3 rings (SSSR count). The molecule has 0 aliphatic carbocycles. The maximum atomic E-state index is 12.3. The van der Waals surface area contributed by atoms with Gasteiger partial charge in [0.15, 0.2) is 0 Å². The summed E-state index contributed by atoms with van der Waals surface area (Å²) in [6.07, 6.45) is 5.69. The van der Waals surface area contributed by atoms with Gasteiger partial charge in [-0.1, -0.05) is 6.42 Å². The molecule has 0 unspecified atom stereocenters. The number of hydrogen-bond acceptors (Lipinski definition) is 3. The van der Waals surface area contributed by atoms with Crippen LogP contribution in [0.25, 0.3) is 0 Å². The molecule has 3 heterocycles. The maximum Gasteiger partial charge on any atom is 0.224 e. The summed E-state index contributed by atoms with van der Waals surface area (Å²) in [6, 6.07) is 2.20. The van der Waals surface area contributed by atoms with E-state index < -0.39 is 0 Å². The van der Waals surface area contributed by atoms with Crippen molar-refractivity contribution in [2.24, 2.45) is 0 Å². The molecule has 3 nitrogen and oxygen atoms in total. The zero-order valence-electron chi connectivity index (χ0n) is 11.4. The van der Waals surface area contributed by atoms with Gasteiger partial charge in [0.1, 0.15) is 0 Å². The van der Waals surface area contributed by atoms with Crippen LogP contribution in [0.15, 0.2) is 11.4 Å². The van der Waals surface area contributed by atoms with E-state index in [1.54, 1.807) is 11.3 Å². The number of amides is 1. The molecule has 4 heteroatoms. The fourth-order valence-corrected chi connectivity index (χ4v) is 3.99. The second-order valence-corrected chi connectivity index (χ2v) is 6.59. The van der Waals surface area contributed by atoms with Gasteiger partial charge in [0.05, 0.1) is 6.54 Å². The Morgan fingerprint density at radius 3 is 2.89 bits per heavy atom. The first-order chi connectivity index (χ1) is 9.33. The van der Waals surface area contributed by atoms with Gasteiger partial charge in [-0.25, -0.2) is 0 Å². The third-order valence-electron chi connectivity index (χ3n) is 4.27. The summed E-state index contributed by atoms with van der Waals surface area (Å²) in [5.41, 5.74) is 1.45. The Morgan fingerprint density at radius 2 is 2.05 bits per heavy atom. The highest BCUT2D eigenvalue weighted by molar-refractivity contribution is 7.10. The van der Waals surface area contributed by atoms with Crippen molar-refractivity contribution in [2.75, 3.05) is 26.2 Å². The van der Waals surface area contributed by atoms with E-state index in [-0.39, 0.29) is 0 Å². The zero-order valence-corrected chi connectivity index (χ0v) is 12.3. The predicted molar refractivity (Wildman–Crippen MR) is 78.3 cm³/mol. The lowest BCUT2D eigenvalue weighted by Gasteiger charge is -2.29. The quantitative estimate of drug-likeness (QED) is 0.848. The molecule has 0 spiro atoms. The van der Waals surface area contributed by atoms with E-state index in [1.807, 2.05) is 4.90 Å². The van der Waals surface area contributed by atoms with Gasteiger partial charge in [-0.3, -0.25) is 4.79 Å². The van der Waals surface area contributed by atoms with Crippen molar-refractivity contribution < 1.29 is 4.79 Å². The van der Waals surface area contributed by atoms with Gasteiger partial charge in [0.25, 0.3) is 0 Å². The molecule has 0 saturated carbocycles. The SMILES string of the molecule is O=C(CCN1CCCCC1)N1CCc2ccsc2C1. The summed E-state index contributed by atoms with van der Waals surface area (Å²) in [4.78, 5) is 18.2. The van der Waals surface area contributed by atoms with Crippen LogP contribution >= 0.6 is 11.3 Å². The van der Waals surface area contributed by atoms with Gasteiger partial charge in [-0.05, 0) is 49.4 Å². The van der Waals surface area contributed by atoms with Crippen molar-refractivity contribution in [3.63, 3.8) is 0 Å². The topological polar surface area (TPSA) is 23.6 Å². The first-order valence-corrected chi connectivity index (χ1v) is 8.26. The van der Waals surface area contributed by atoms with Crippen LogP contribution < -0.4 is 0 Å². The van der Waals surface area contributed by atoms with Crippen molar-refractivity contribution in [3.8, 4) is 0 Å². The Hall–Kier alpha value is -0.870. The molecule has 1 aromatic heterocycles.